The molecule has 1 aliphatic rings. The van der Waals surface area contributed by atoms with Gasteiger partial charge in [-0.1, -0.05) is 25.5 Å². The Morgan fingerprint density at radius 2 is 2.00 bits per heavy atom. The van der Waals surface area contributed by atoms with Crippen LogP contribution in [0, 0.1) is 0 Å². The lowest BCUT2D eigenvalue weighted by molar-refractivity contribution is 0.210. The lowest BCUT2D eigenvalue weighted by atomic mass is 10.2. The van der Waals surface area contributed by atoms with Crippen molar-refractivity contribution >= 4 is 5.69 Å². The third kappa shape index (κ3) is 3.39. The molecule has 0 aromatic heterocycles. The zero-order valence-electron chi connectivity index (χ0n) is 11.5. The molecule has 1 atom stereocenters. The topological polar surface area (TPSA) is 24.5 Å². The van der Waals surface area contributed by atoms with Crippen LogP contribution in [0.1, 0.15) is 26.7 Å². The summed E-state index contributed by atoms with van der Waals surface area (Å²) in [5.74, 6) is 1.03. The quantitative estimate of drug-likeness (QED) is 0.867. The summed E-state index contributed by atoms with van der Waals surface area (Å²) in [6, 6.07) is 8.40. The molecule has 18 heavy (non-hydrogen) atoms. The monoisotopic (exact) mass is 248 g/mol. The molecule has 3 nitrogen and oxygen atoms in total. The van der Waals surface area contributed by atoms with Crippen molar-refractivity contribution in [2.45, 2.75) is 32.8 Å². The molecule has 0 spiro atoms. The van der Waals surface area contributed by atoms with Crippen molar-refractivity contribution in [2.75, 3.05) is 31.1 Å². The number of hydrogen-bond donors (Lipinski definition) is 1. The molecule has 3 heteroatoms. The predicted octanol–water partition coefficient (Wildman–Crippen LogP) is 2.66. The number of anilines is 1. The first-order valence-electron chi connectivity index (χ1n) is 7.02. The molecular formula is C15H24N2O. The molecule has 0 bridgehead atoms. The lowest BCUT2D eigenvalue weighted by Gasteiger charge is -2.31. The number of piperazine rings is 1. The Hall–Kier alpha value is -1.22. The van der Waals surface area contributed by atoms with Crippen LogP contribution in [0.2, 0.25) is 0 Å². The number of rotatable bonds is 5. The van der Waals surface area contributed by atoms with Crippen molar-refractivity contribution in [3.05, 3.63) is 24.3 Å². The lowest BCUT2D eigenvalue weighted by Crippen LogP contribution is -2.43. The zero-order valence-corrected chi connectivity index (χ0v) is 11.5. The molecule has 1 fully saturated rings. The molecule has 1 saturated heterocycles. The van der Waals surface area contributed by atoms with E-state index in [1.165, 1.54) is 5.69 Å². The number of benzene rings is 1. The summed E-state index contributed by atoms with van der Waals surface area (Å²) in [4.78, 5) is 2.41. The highest BCUT2D eigenvalue weighted by molar-refractivity contribution is 5.58. The molecular weight excluding hydrogens is 224 g/mol. The van der Waals surface area contributed by atoms with Crippen molar-refractivity contribution in [1.82, 2.24) is 5.32 Å². The van der Waals surface area contributed by atoms with Gasteiger partial charge in [-0.15, -0.1) is 0 Å². The van der Waals surface area contributed by atoms with Gasteiger partial charge < -0.3 is 15.0 Å². The standard InChI is InChI=1S/C15H24N2O/c1-3-6-13(2)18-15-8-5-4-7-14(15)17-11-9-16-10-12-17/h4-5,7-8,13,16H,3,6,9-12H2,1-2H3. The summed E-state index contributed by atoms with van der Waals surface area (Å²) in [6.07, 6.45) is 2.56. The molecule has 0 radical (unpaired) electrons. The SMILES string of the molecule is CCCC(C)Oc1ccccc1N1CCNCC1. The molecule has 0 amide bonds. The Bertz CT molecular complexity index is 361. The van der Waals surface area contributed by atoms with Gasteiger partial charge in [0, 0.05) is 26.2 Å². The fourth-order valence-corrected chi connectivity index (χ4v) is 2.41. The Morgan fingerprint density at radius 3 is 2.72 bits per heavy atom. The van der Waals surface area contributed by atoms with Crippen LogP contribution in [0.25, 0.3) is 0 Å². The normalized spacial score (nSPS) is 17.6. The van der Waals surface area contributed by atoms with Gasteiger partial charge in [-0.3, -0.25) is 0 Å². The highest BCUT2D eigenvalue weighted by Gasteiger charge is 2.15. The van der Waals surface area contributed by atoms with Crippen LogP contribution in [0.15, 0.2) is 24.3 Å². The summed E-state index contributed by atoms with van der Waals surface area (Å²) in [6.45, 7) is 8.57. The van der Waals surface area contributed by atoms with Crippen LogP contribution in [0.3, 0.4) is 0 Å². The minimum Gasteiger partial charge on any atom is -0.489 e. The number of ether oxygens (including phenoxy) is 1. The van der Waals surface area contributed by atoms with Gasteiger partial charge >= 0.3 is 0 Å². The van der Waals surface area contributed by atoms with Gasteiger partial charge in [0.25, 0.3) is 0 Å². The van der Waals surface area contributed by atoms with Crippen LogP contribution < -0.4 is 15.0 Å². The summed E-state index contributed by atoms with van der Waals surface area (Å²) >= 11 is 0. The molecule has 1 aromatic rings. The number of para-hydroxylation sites is 2. The highest BCUT2D eigenvalue weighted by Crippen LogP contribution is 2.29. The van der Waals surface area contributed by atoms with Crippen LogP contribution in [0.5, 0.6) is 5.75 Å². The maximum absolute atomic E-state index is 6.08. The zero-order chi connectivity index (χ0) is 12.8. The van der Waals surface area contributed by atoms with Gasteiger partial charge in [0.05, 0.1) is 11.8 Å². The maximum Gasteiger partial charge on any atom is 0.142 e. The van der Waals surface area contributed by atoms with Crippen molar-refractivity contribution in [1.29, 1.82) is 0 Å². The molecule has 100 valence electrons. The van der Waals surface area contributed by atoms with Gasteiger partial charge in [0.2, 0.25) is 0 Å². The van der Waals surface area contributed by atoms with Gasteiger partial charge in [-0.2, -0.15) is 0 Å². The van der Waals surface area contributed by atoms with E-state index >= 15 is 0 Å². The molecule has 2 rings (SSSR count). The minimum atomic E-state index is 0.291. The van der Waals surface area contributed by atoms with Crippen LogP contribution in [-0.2, 0) is 0 Å². The molecule has 0 saturated carbocycles. The molecule has 1 N–H and O–H groups in total. The smallest absolute Gasteiger partial charge is 0.142 e. The van der Waals surface area contributed by atoms with Crippen molar-refractivity contribution < 1.29 is 4.74 Å². The summed E-state index contributed by atoms with van der Waals surface area (Å²) in [5.41, 5.74) is 1.24. The molecule has 1 unspecified atom stereocenters. The van der Waals surface area contributed by atoms with E-state index in [0.717, 1.165) is 44.8 Å². The summed E-state index contributed by atoms with van der Waals surface area (Å²) in [5, 5.41) is 3.38. The maximum atomic E-state index is 6.08. The van der Waals surface area contributed by atoms with E-state index in [2.05, 4.69) is 48.3 Å². The second-order valence-electron chi connectivity index (χ2n) is 4.92. The fraction of sp³-hybridized carbons (Fsp3) is 0.600. The third-order valence-electron chi connectivity index (χ3n) is 3.35. The Kier molecular flexibility index (Phi) is 4.88. The van der Waals surface area contributed by atoms with Crippen LogP contribution in [-0.4, -0.2) is 32.3 Å². The second kappa shape index (κ2) is 6.64. The van der Waals surface area contributed by atoms with Gasteiger partial charge in [-0.05, 0) is 25.5 Å². The second-order valence-corrected chi connectivity index (χ2v) is 4.92. The van der Waals surface area contributed by atoms with E-state index in [0.29, 0.717) is 6.10 Å². The van der Waals surface area contributed by atoms with E-state index < -0.39 is 0 Å². The minimum absolute atomic E-state index is 0.291. The average Bonchev–Trinajstić information content (AvgIpc) is 2.40. The third-order valence-corrected chi connectivity index (χ3v) is 3.35. The highest BCUT2D eigenvalue weighted by atomic mass is 16.5. The first-order valence-corrected chi connectivity index (χ1v) is 7.02. The number of nitrogens with zero attached hydrogens (tertiary/aromatic N) is 1. The van der Waals surface area contributed by atoms with Crippen molar-refractivity contribution in [2.24, 2.45) is 0 Å². The van der Waals surface area contributed by atoms with Crippen molar-refractivity contribution in [3.63, 3.8) is 0 Å². The first-order chi connectivity index (χ1) is 8.81. The predicted molar refractivity (Wildman–Crippen MR) is 76.5 cm³/mol. The van der Waals surface area contributed by atoms with E-state index in [-0.39, 0.29) is 0 Å². The Balaban J connectivity index is 2.09. The first kappa shape index (κ1) is 13.2. The van der Waals surface area contributed by atoms with Crippen LogP contribution >= 0.6 is 0 Å². The average molecular weight is 248 g/mol. The summed E-state index contributed by atoms with van der Waals surface area (Å²) in [7, 11) is 0. The number of nitrogens with one attached hydrogen (secondary N) is 1. The Labute approximate surface area is 110 Å². The van der Waals surface area contributed by atoms with Gasteiger partial charge in [0.15, 0.2) is 0 Å². The summed E-state index contributed by atoms with van der Waals surface area (Å²) < 4.78 is 6.08. The van der Waals surface area contributed by atoms with Crippen LogP contribution in [0.4, 0.5) is 5.69 Å². The van der Waals surface area contributed by atoms with Crippen molar-refractivity contribution in [3.8, 4) is 5.75 Å². The number of hydrogen-bond acceptors (Lipinski definition) is 3. The van der Waals surface area contributed by atoms with E-state index in [1.54, 1.807) is 0 Å². The van der Waals surface area contributed by atoms with E-state index in [4.69, 9.17) is 4.74 Å². The molecule has 1 heterocycles. The van der Waals surface area contributed by atoms with Gasteiger partial charge in [-0.25, -0.2) is 0 Å². The molecule has 0 aliphatic carbocycles. The molecule has 1 aliphatic heterocycles. The molecule has 1 aromatic carbocycles. The van der Waals surface area contributed by atoms with Gasteiger partial charge in [0.1, 0.15) is 5.75 Å². The van der Waals surface area contributed by atoms with E-state index in [1.807, 2.05) is 0 Å². The Morgan fingerprint density at radius 1 is 1.28 bits per heavy atom. The van der Waals surface area contributed by atoms with E-state index in [9.17, 15) is 0 Å². The fourth-order valence-electron chi connectivity index (χ4n) is 2.41. The largest absolute Gasteiger partial charge is 0.489 e.